The smallest absolute Gasteiger partial charge is 0.335 e. The van der Waals surface area contributed by atoms with E-state index < -0.39 is 95.9 Å². The van der Waals surface area contributed by atoms with Gasteiger partial charge in [0.05, 0.1) is 6.61 Å². The second kappa shape index (κ2) is 11.3. The van der Waals surface area contributed by atoms with Gasteiger partial charge in [-0.2, -0.15) is 0 Å². The number of aromatic hydroxyl groups is 3. The van der Waals surface area contributed by atoms with Crippen LogP contribution in [-0.2, 0) is 19.0 Å². The third-order valence-corrected chi connectivity index (χ3v) is 6.85. The first-order valence-corrected chi connectivity index (χ1v) is 12.4. The van der Waals surface area contributed by atoms with Crippen molar-refractivity contribution < 1.29 is 74.1 Å². The second-order valence-electron chi connectivity index (χ2n) is 9.68. The first kappa shape index (κ1) is 29.5. The lowest BCUT2D eigenvalue weighted by Gasteiger charge is -2.43. The van der Waals surface area contributed by atoms with Gasteiger partial charge < -0.3 is 69.3 Å². The quantitative estimate of drug-likeness (QED) is 0.154. The normalized spacial score (nSPS) is 31.6. The minimum atomic E-state index is -2.05. The predicted molar refractivity (Wildman–Crippen MR) is 134 cm³/mol. The highest BCUT2D eigenvalue weighted by Gasteiger charge is 2.51. The number of aliphatic hydroxyl groups excluding tert-OH is 5. The van der Waals surface area contributed by atoms with E-state index in [0.717, 1.165) is 12.1 Å². The molecule has 2 aliphatic rings. The molecule has 0 amide bonds. The largest absolute Gasteiger partial charge is 0.508 e. The van der Waals surface area contributed by atoms with Crippen LogP contribution in [0.1, 0.15) is 0 Å². The van der Waals surface area contributed by atoms with Crippen LogP contribution in [0.25, 0.3) is 22.3 Å². The number of phenols is 3. The summed E-state index contributed by atoms with van der Waals surface area (Å²) in [6.45, 7) is -0.550. The van der Waals surface area contributed by atoms with E-state index in [0.29, 0.717) is 5.56 Å². The van der Waals surface area contributed by atoms with Crippen molar-refractivity contribution in [3.05, 3.63) is 46.6 Å². The third kappa shape index (κ3) is 5.33. The van der Waals surface area contributed by atoms with Gasteiger partial charge >= 0.3 is 5.97 Å². The average molecular weight is 594 g/mol. The fraction of sp³-hybridized carbons (Fsp3) is 0.385. The van der Waals surface area contributed by atoms with Gasteiger partial charge in [0, 0.05) is 17.7 Å². The van der Waals surface area contributed by atoms with Crippen LogP contribution in [0.2, 0.25) is 0 Å². The maximum absolute atomic E-state index is 12.9. The van der Waals surface area contributed by atoms with E-state index in [1.807, 2.05) is 0 Å². The zero-order chi connectivity index (χ0) is 30.5. The van der Waals surface area contributed by atoms with E-state index >= 15 is 0 Å². The highest BCUT2D eigenvalue weighted by atomic mass is 16.8. The van der Waals surface area contributed by atoms with E-state index in [4.69, 9.17) is 23.4 Å². The van der Waals surface area contributed by atoms with E-state index in [2.05, 4.69) is 0 Å². The van der Waals surface area contributed by atoms with Gasteiger partial charge in [-0.05, 0) is 24.3 Å². The maximum Gasteiger partial charge on any atom is 0.335 e. The Morgan fingerprint density at radius 2 is 1.57 bits per heavy atom. The first-order valence-electron chi connectivity index (χ1n) is 12.4. The van der Waals surface area contributed by atoms with Gasteiger partial charge in [0.25, 0.3) is 0 Å². The Hall–Kier alpha value is -4.00. The molecule has 9 atom stereocenters. The highest BCUT2D eigenvalue weighted by Crippen LogP contribution is 2.43. The summed E-state index contributed by atoms with van der Waals surface area (Å²) in [4.78, 5) is 24.4. The van der Waals surface area contributed by atoms with Crippen molar-refractivity contribution in [1.29, 1.82) is 0 Å². The number of carbonyl (C=O) groups is 1. The van der Waals surface area contributed by atoms with Crippen LogP contribution >= 0.6 is 0 Å². The summed E-state index contributed by atoms with van der Waals surface area (Å²) in [5, 5.41) is 90.9. The number of phenolic OH excluding ortho intramolecular Hbond substituents is 3. The van der Waals surface area contributed by atoms with E-state index in [1.54, 1.807) is 0 Å². The van der Waals surface area contributed by atoms with Gasteiger partial charge in [0.1, 0.15) is 53.0 Å². The first-order chi connectivity index (χ1) is 19.9. The molecule has 2 fully saturated rings. The van der Waals surface area contributed by atoms with Crippen molar-refractivity contribution in [3.63, 3.8) is 0 Å². The molecule has 0 unspecified atom stereocenters. The van der Waals surface area contributed by atoms with Crippen LogP contribution in [-0.4, -0.2) is 114 Å². The Balaban J connectivity index is 1.46. The standard InChI is InChI=1S/C26H26O16/c27-9-3-1-8(2-4-9)13-5-10(28)15-14(39-13)6-11(29)21(17(15)32)40-26-23(16(31)12(30)7-38-26)42-25-20(35)18(33)19(34)22(41-25)24(36)37/h1-6,12,16,18-20,22-23,25-27,29-35H,7H2,(H,36,37)/t12-,16-,18-,19+,20+,22-,23+,25-,26-/m0/s1. The Morgan fingerprint density at radius 1 is 0.881 bits per heavy atom. The summed E-state index contributed by atoms with van der Waals surface area (Å²) in [6, 6.07) is 7.69. The Bertz CT molecular complexity index is 1520. The molecule has 16 heteroatoms. The minimum Gasteiger partial charge on any atom is -0.508 e. The molecule has 2 aliphatic heterocycles. The van der Waals surface area contributed by atoms with Crippen molar-refractivity contribution >= 4 is 16.9 Å². The lowest BCUT2D eigenvalue weighted by molar-refractivity contribution is -0.343. The molecule has 2 aromatic carbocycles. The lowest BCUT2D eigenvalue weighted by Crippen LogP contribution is -2.64. The topological polar surface area (TPSA) is 266 Å². The van der Waals surface area contributed by atoms with Gasteiger partial charge in [0.2, 0.25) is 12.0 Å². The summed E-state index contributed by atoms with van der Waals surface area (Å²) >= 11 is 0. The minimum absolute atomic E-state index is 0.0242. The molecule has 5 rings (SSSR count). The molecule has 0 bridgehead atoms. The van der Waals surface area contributed by atoms with E-state index in [1.165, 1.54) is 24.3 Å². The number of hydrogen-bond donors (Lipinski definition) is 9. The Kier molecular flexibility index (Phi) is 7.97. The number of carboxylic acid groups (broad SMARTS) is 1. The van der Waals surface area contributed by atoms with Gasteiger partial charge in [-0.15, -0.1) is 0 Å². The highest BCUT2D eigenvalue weighted by molar-refractivity contribution is 5.89. The lowest BCUT2D eigenvalue weighted by atomic mass is 9.98. The van der Waals surface area contributed by atoms with Crippen LogP contribution in [0.3, 0.4) is 0 Å². The Morgan fingerprint density at radius 3 is 2.24 bits per heavy atom. The summed E-state index contributed by atoms with van der Waals surface area (Å²) < 4.78 is 27.1. The van der Waals surface area contributed by atoms with Crippen LogP contribution in [0.15, 0.2) is 45.6 Å². The fourth-order valence-corrected chi connectivity index (χ4v) is 4.60. The second-order valence-corrected chi connectivity index (χ2v) is 9.68. The summed E-state index contributed by atoms with van der Waals surface area (Å²) in [6.07, 6.45) is -17.2. The molecular weight excluding hydrogens is 568 g/mol. The molecule has 226 valence electrons. The van der Waals surface area contributed by atoms with Crippen LogP contribution in [0.4, 0.5) is 0 Å². The molecule has 0 aliphatic carbocycles. The fourth-order valence-electron chi connectivity index (χ4n) is 4.60. The molecule has 16 nitrogen and oxygen atoms in total. The molecule has 0 spiro atoms. The number of aliphatic hydroxyl groups is 5. The van der Waals surface area contributed by atoms with Crippen LogP contribution in [0, 0.1) is 0 Å². The van der Waals surface area contributed by atoms with Crippen molar-refractivity contribution in [1.82, 2.24) is 0 Å². The Labute approximate surface area is 234 Å². The molecule has 3 aromatic rings. The van der Waals surface area contributed by atoms with Crippen molar-refractivity contribution in [3.8, 4) is 34.3 Å². The van der Waals surface area contributed by atoms with E-state index in [-0.39, 0.29) is 17.1 Å². The zero-order valence-electron chi connectivity index (χ0n) is 21.3. The van der Waals surface area contributed by atoms with Crippen LogP contribution in [0.5, 0.6) is 23.0 Å². The molecule has 9 N–H and O–H groups in total. The van der Waals surface area contributed by atoms with Gasteiger partial charge in [-0.1, -0.05) is 0 Å². The predicted octanol–water partition coefficient (Wildman–Crippen LogP) is -1.69. The molecule has 1 aromatic heterocycles. The molecule has 3 heterocycles. The van der Waals surface area contributed by atoms with Crippen LogP contribution < -0.4 is 10.2 Å². The molecule has 2 saturated heterocycles. The van der Waals surface area contributed by atoms with Gasteiger partial charge in [-0.3, -0.25) is 4.79 Å². The summed E-state index contributed by atoms with van der Waals surface area (Å²) in [5.41, 5.74) is -0.587. The number of carboxylic acids is 1. The third-order valence-electron chi connectivity index (χ3n) is 6.85. The van der Waals surface area contributed by atoms with Gasteiger partial charge in [0.15, 0.2) is 35.4 Å². The van der Waals surface area contributed by atoms with Crippen molar-refractivity contribution in [2.45, 2.75) is 55.3 Å². The van der Waals surface area contributed by atoms with Crippen molar-refractivity contribution in [2.24, 2.45) is 0 Å². The summed E-state index contributed by atoms with van der Waals surface area (Å²) in [7, 11) is 0. The number of hydrogen-bond acceptors (Lipinski definition) is 15. The number of fused-ring (bicyclic) bond motifs is 1. The maximum atomic E-state index is 12.9. The van der Waals surface area contributed by atoms with E-state index in [9.17, 15) is 55.5 Å². The molecule has 0 saturated carbocycles. The zero-order valence-corrected chi connectivity index (χ0v) is 21.3. The van der Waals surface area contributed by atoms with Gasteiger partial charge in [-0.25, -0.2) is 4.79 Å². The monoisotopic (exact) mass is 594 g/mol. The number of rotatable bonds is 6. The number of aliphatic carboxylic acids is 1. The average Bonchev–Trinajstić information content (AvgIpc) is 2.94. The SMILES string of the molecule is O=C(O)[C@H]1O[C@@H](O[C@H]2[C@H](Oc3c(O)cc4oc(-c5ccc(O)cc5)cc(=O)c4c3O)OC[C@H](O)[C@@H]2O)[C@H](O)[C@@H](O)[C@H]1O. The molecular formula is C26H26O16. The molecule has 42 heavy (non-hydrogen) atoms. The molecule has 0 radical (unpaired) electrons. The number of benzene rings is 2. The van der Waals surface area contributed by atoms with Crippen molar-refractivity contribution in [2.75, 3.05) is 6.61 Å². The summed E-state index contributed by atoms with van der Waals surface area (Å²) in [5.74, 6) is -4.04. The number of ether oxygens (including phenoxy) is 4.